The van der Waals surface area contributed by atoms with Gasteiger partial charge in [-0.15, -0.1) is 0 Å². The van der Waals surface area contributed by atoms with E-state index in [1.54, 1.807) is 38.5 Å². The number of rotatable bonds is 3. The maximum Gasteiger partial charge on any atom is 0.322 e. The van der Waals surface area contributed by atoms with E-state index >= 15 is 0 Å². The molecule has 1 N–H and O–H groups in total. The van der Waals surface area contributed by atoms with Crippen molar-refractivity contribution in [1.29, 1.82) is 0 Å². The van der Waals surface area contributed by atoms with Crippen LogP contribution in [0.15, 0.2) is 42.7 Å². The van der Waals surface area contributed by atoms with Gasteiger partial charge in [-0.25, -0.2) is 13.6 Å². The smallest absolute Gasteiger partial charge is 0.321 e. The summed E-state index contributed by atoms with van der Waals surface area (Å²) in [5.74, 6) is -1.84. The van der Waals surface area contributed by atoms with Crippen LogP contribution in [0.4, 0.5) is 19.3 Å². The molecule has 2 rings (SSSR count). The van der Waals surface area contributed by atoms with Gasteiger partial charge in [0.25, 0.3) is 0 Å². The lowest BCUT2D eigenvalue weighted by molar-refractivity contribution is 0.208. The van der Waals surface area contributed by atoms with Crippen LogP contribution in [0, 0.1) is 11.6 Å². The third kappa shape index (κ3) is 3.53. The quantitative estimate of drug-likeness (QED) is 0.939. The van der Waals surface area contributed by atoms with Crippen molar-refractivity contribution in [2.24, 2.45) is 0 Å². The molecule has 0 radical (unpaired) electrons. The van der Waals surface area contributed by atoms with Crippen molar-refractivity contribution in [2.75, 3.05) is 12.4 Å². The van der Waals surface area contributed by atoms with Crippen molar-refractivity contribution in [3.63, 3.8) is 0 Å². The SMILES string of the molecule is C[C@H](c1ccc(F)c(F)c1)N(C)C(=O)Nc1ccncc1. The molecule has 1 atom stereocenters. The van der Waals surface area contributed by atoms with E-state index in [1.807, 2.05) is 0 Å². The zero-order valence-corrected chi connectivity index (χ0v) is 11.7. The van der Waals surface area contributed by atoms with Crippen molar-refractivity contribution in [2.45, 2.75) is 13.0 Å². The molecule has 21 heavy (non-hydrogen) atoms. The van der Waals surface area contributed by atoms with Gasteiger partial charge in [0.1, 0.15) is 0 Å². The third-order valence-electron chi connectivity index (χ3n) is 3.26. The average Bonchev–Trinajstić information content (AvgIpc) is 2.49. The van der Waals surface area contributed by atoms with Gasteiger partial charge in [-0.3, -0.25) is 4.98 Å². The first-order chi connectivity index (χ1) is 9.99. The van der Waals surface area contributed by atoms with E-state index in [0.29, 0.717) is 11.3 Å². The van der Waals surface area contributed by atoms with E-state index in [-0.39, 0.29) is 6.03 Å². The van der Waals surface area contributed by atoms with Crippen LogP contribution in [-0.4, -0.2) is 23.0 Å². The Labute approximate surface area is 121 Å². The average molecular weight is 291 g/mol. The highest BCUT2D eigenvalue weighted by Gasteiger charge is 2.18. The molecule has 1 aromatic carbocycles. The van der Waals surface area contributed by atoms with Gasteiger partial charge < -0.3 is 10.2 Å². The van der Waals surface area contributed by atoms with Crippen LogP contribution in [0.2, 0.25) is 0 Å². The van der Waals surface area contributed by atoms with Gasteiger partial charge >= 0.3 is 6.03 Å². The number of nitrogens with zero attached hydrogens (tertiary/aromatic N) is 2. The summed E-state index contributed by atoms with van der Waals surface area (Å²) in [6, 6.07) is 6.17. The number of aromatic nitrogens is 1. The standard InChI is InChI=1S/C15H15F2N3O/c1-10(11-3-4-13(16)14(17)9-11)20(2)15(21)19-12-5-7-18-8-6-12/h3-10H,1-2H3,(H,18,19,21)/t10-/m1/s1. The highest BCUT2D eigenvalue weighted by molar-refractivity contribution is 5.89. The first-order valence-corrected chi connectivity index (χ1v) is 6.38. The van der Waals surface area contributed by atoms with Crippen molar-refractivity contribution >= 4 is 11.7 Å². The first-order valence-electron chi connectivity index (χ1n) is 6.38. The van der Waals surface area contributed by atoms with Crippen LogP contribution >= 0.6 is 0 Å². The number of urea groups is 1. The molecule has 0 aliphatic rings. The molecule has 0 saturated heterocycles. The molecule has 0 saturated carbocycles. The maximum absolute atomic E-state index is 13.2. The highest BCUT2D eigenvalue weighted by atomic mass is 19.2. The Morgan fingerprint density at radius 1 is 1.19 bits per heavy atom. The lowest BCUT2D eigenvalue weighted by atomic mass is 10.1. The van der Waals surface area contributed by atoms with Crippen molar-refractivity contribution in [1.82, 2.24) is 9.88 Å². The molecule has 4 nitrogen and oxygen atoms in total. The van der Waals surface area contributed by atoms with Crippen molar-refractivity contribution in [3.8, 4) is 0 Å². The normalized spacial score (nSPS) is 11.8. The molecular formula is C15H15F2N3O. The first kappa shape index (κ1) is 14.9. The second-order valence-corrected chi connectivity index (χ2v) is 4.63. The number of anilines is 1. The largest absolute Gasteiger partial charge is 0.322 e. The number of halogens is 2. The predicted octanol–water partition coefficient (Wildman–Crippen LogP) is 3.58. The molecule has 0 unspecified atom stereocenters. The van der Waals surface area contributed by atoms with E-state index in [1.165, 1.54) is 11.0 Å². The van der Waals surface area contributed by atoms with E-state index in [0.717, 1.165) is 12.1 Å². The summed E-state index contributed by atoms with van der Waals surface area (Å²) in [5, 5.41) is 2.70. The monoisotopic (exact) mass is 291 g/mol. The van der Waals surface area contributed by atoms with E-state index < -0.39 is 17.7 Å². The number of pyridine rings is 1. The van der Waals surface area contributed by atoms with Gasteiger partial charge in [-0.05, 0) is 36.8 Å². The fourth-order valence-corrected chi connectivity index (χ4v) is 1.82. The van der Waals surface area contributed by atoms with Crippen LogP contribution in [0.25, 0.3) is 0 Å². The Morgan fingerprint density at radius 3 is 2.48 bits per heavy atom. The van der Waals surface area contributed by atoms with Crippen LogP contribution in [0.5, 0.6) is 0 Å². The van der Waals surface area contributed by atoms with E-state index in [2.05, 4.69) is 10.3 Å². The molecule has 0 spiro atoms. The summed E-state index contributed by atoms with van der Waals surface area (Å²) in [6.07, 6.45) is 3.13. The molecule has 1 aromatic heterocycles. The molecule has 6 heteroatoms. The zero-order valence-electron chi connectivity index (χ0n) is 11.7. The fourth-order valence-electron chi connectivity index (χ4n) is 1.82. The summed E-state index contributed by atoms with van der Waals surface area (Å²) in [4.78, 5) is 17.4. The van der Waals surface area contributed by atoms with E-state index in [4.69, 9.17) is 0 Å². The van der Waals surface area contributed by atoms with Gasteiger partial charge in [0.05, 0.1) is 6.04 Å². The minimum atomic E-state index is -0.928. The van der Waals surface area contributed by atoms with Crippen LogP contribution in [-0.2, 0) is 0 Å². The number of nitrogens with one attached hydrogen (secondary N) is 1. The lowest BCUT2D eigenvalue weighted by Gasteiger charge is -2.25. The zero-order chi connectivity index (χ0) is 15.4. The fraction of sp³-hybridized carbons (Fsp3) is 0.200. The molecule has 0 fully saturated rings. The van der Waals surface area contributed by atoms with Gasteiger partial charge in [-0.1, -0.05) is 6.07 Å². The van der Waals surface area contributed by atoms with Crippen LogP contribution < -0.4 is 5.32 Å². The number of hydrogen-bond donors (Lipinski definition) is 1. The minimum Gasteiger partial charge on any atom is -0.321 e. The summed E-state index contributed by atoms with van der Waals surface area (Å²) >= 11 is 0. The summed E-state index contributed by atoms with van der Waals surface area (Å²) in [6.45, 7) is 1.73. The van der Waals surface area contributed by atoms with Gasteiger partial charge in [-0.2, -0.15) is 0 Å². The summed E-state index contributed by atoms with van der Waals surface area (Å²) in [5.41, 5.74) is 1.13. The second-order valence-electron chi connectivity index (χ2n) is 4.63. The minimum absolute atomic E-state index is 0.349. The van der Waals surface area contributed by atoms with Crippen molar-refractivity contribution < 1.29 is 13.6 Å². The van der Waals surface area contributed by atoms with Gasteiger partial charge in [0.2, 0.25) is 0 Å². The molecule has 0 aliphatic carbocycles. The van der Waals surface area contributed by atoms with Crippen molar-refractivity contribution in [3.05, 3.63) is 59.9 Å². The van der Waals surface area contributed by atoms with Crippen LogP contribution in [0.1, 0.15) is 18.5 Å². The number of carbonyl (C=O) groups is 1. The van der Waals surface area contributed by atoms with E-state index in [9.17, 15) is 13.6 Å². The Bertz CT molecular complexity index is 634. The maximum atomic E-state index is 13.2. The lowest BCUT2D eigenvalue weighted by Crippen LogP contribution is -2.33. The number of hydrogen-bond acceptors (Lipinski definition) is 2. The topological polar surface area (TPSA) is 45.2 Å². The van der Waals surface area contributed by atoms with Gasteiger partial charge in [0, 0.05) is 25.1 Å². The molecule has 2 amide bonds. The molecule has 1 heterocycles. The summed E-state index contributed by atoms with van der Waals surface area (Å²) in [7, 11) is 1.59. The Balaban J connectivity index is 2.09. The number of benzene rings is 1. The number of carbonyl (C=O) groups excluding carboxylic acids is 1. The highest BCUT2D eigenvalue weighted by Crippen LogP contribution is 2.21. The molecule has 0 aliphatic heterocycles. The Hall–Kier alpha value is -2.50. The predicted molar refractivity (Wildman–Crippen MR) is 75.8 cm³/mol. The molecule has 2 aromatic rings. The van der Waals surface area contributed by atoms with Gasteiger partial charge in [0.15, 0.2) is 11.6 Å². The Kier molecular flexibility index (Phi) is 4.47. The Morgan fingerprint density at radius 2 is 1.86 bits per heavy atom. The molecular weight excluding hydrogens is 276 g/mol. The molecule has 110 valence electrons. The third-order valence-corrected chi connectivity index (χ3v) is 3.26. The summed E-state index contributed by atoms with van der Waals surface area (Å²) < 4.78 is 26.2. The number of amides is 2. The van der Waals surface area contributed by atoms with Crippen LogP contribution in [0.3, 0.4) is 0 Å². The molecule has 0 bridgehead atoms. The second kappa shape index (κ2) is 6.30.